The van der Waals surface area contributed by atoms with E-state index in [4.69, 9.17) is 23.2 Å². The van der Waals surface area contributed by atoms with Gasteiger partial charge in [0.2, 0.25) is 0 Å². The molecule has 26 heavy (non-hydrogen) atoms. The van der Waals surface area contributed by atoms with Crippen LogP contribution in [0.4, 0.5) is 0 Å². The van der Waals surface area contributed by atoms with Gasteiger partial charge in [0.15, 0.2) is 0 Å². The molecule has 0 heterocycles. The van der Waals surface area contributed by atoms with E-state index in [9.17, 15) is 0 Å². The van der Waals surface area contributed by atoms with E-state index in [-0.39, 0.29) is 0 Å². The first-order valence-electron chi connectivity index (χ1n) is 8.60. The predicted octanol–water partition coefficient (Wildman–Crippen LogP) is 7.53. The van der Waals surface area contributed by atoms with Crippen LogP contribution in [-0.4, -0.2) is 0 Å². The predicted molar refractivity (Wildman–Crippen MR) is 114 cm³/mol. The van der Waals surface area contributed by atoms with Gasteiger partial charge < -0.3 is 0 Å². The van der Waals surface area contributed by atoms with Crippen molar-refractivity contribution in [1.82, 2.24) is 0 Å². The van der Waals surface area contributed by atoms with Gasteiger partial charge in [-0.3, -0.25) is 0 Å². The minimum atomic E-state index is 0.726. The number of hydrogen-bond acceptors (Lipinski definition) is 0. The molecule has 2 heteroatoms. The first-order chi connectivity index (χ1) is 12.6. The Morgan fingerprint density at radius 2 is 1.23 bits per heavy atom. The molecule has 0 amide bonds. The third kappa shape index (κ3) is 2.90. The van der Waals surface area contributed by atoms with E-state index in [2.05, 4.69) is 74.5 Å². The molecule has 3 aromatic carbocycles. The average molecular weight is 377 g/mol. The Morgan fingerprint density at radius 3 is 1.85 bits per heavy atom. The first kappa shape index (κ1) is 17.1. The molecular weight excluding hydrogens is 359 g/mol. The highest BCUT2D eigenvalue weighted by molar-refractivity contribution is 6.62. The molecule has 4 rings (SSSR count). The van der Waals surface area contributed by atoms with Gasteiger partial charge in [-0.15, -0.1) is 0 Å². The van der Waals surface area contributed by atoms with E-state index in [0.717, 1.165) is 43.5 Å². The normalized spacial score (nSPS) is 15.2. The topological polar surface area (TPSA) is 0 Å². The van der Waals surface area contributed by atoms with Crippen molar-refractivity contribution in [3.8, 4) is 0 Å². The Balaban J connectivity index is 1.99. The molecule has 0 aliphatic heterocycles. The summed E-state index contributed by atoms with van der Waals surface area (Å²) in [5, 5.41) is 1.48. The van der Waals surface area contributed by atoms with Gasteiger partial charge in [0, 0.05) is 16.7 Å². The zero-order valence-corrected chi connectivity index (χ0v) is 16.2. The van der Waals surface area contributed by atoms with Crippen molar-refractivity contribution in [2.24, 2.45) is 0 Å². The van der Waals surface area contributed by atoms with Crippen molar-refractivity contribution in [3.63, 3.8) is 0 Å². The third-order valence-corrected chi connectivity index (χ3v) is 5.57. The standard InChI is InChI=1S/C24H18Cl2/c1-15-7-11-17(12-8-15)21-22(19-5-3-4-6-20(19)24(21)26)23(25)18-13-9-16(2)10-14-18/h3-14H,1-2H3/b23-22-. The van der Waals surface area contributed by atoms with Crippen molar-refractivity contribution in [1.29, 1.82) is 0 Å². The van der Waals surface area contributed by atoms with Gasteiger partial charge >= 0.3 is 0 Å². The number of fused-ring (bicyclic) bond motifs is 1. The van der Waals surface area contributed by atoms with Gasteiger partial charge in [-0.25, -0.2) is 0 Å². The second-order valence-electron chi connectivity index (χ2n) is 6.66. The van der Waals surface area contributed by atoms with Gasteiger partial charge in [-0.1, -0.05) is 107 Å². The maximum atomic E-state index is 6.92. The van der Waals surface area contributed by atoms with Crippen LogP contribution in [0.25, 0.3) is 21.2 Å². The van der Waals surface area contributed by atoms with Crippen LogP contribution in [0.1, 0.15) is 33.4 Å². The summed E-state index contributed by atoms with van der Waals surface area (Å²) >= 11 is 13.7. The van der Waals surface area contributed by atoms with Crippen molar-refractivity contribution < 1.29 is 0 Å². The zero-order chi connectivity index (χ0) is 18.3. The van der Waals surface area contributed by atoms with E-state index in [1.165, 1.54) is 11.1 Å². The number of benzene rings is 3. The highest BCUT2D eigenvalue weighted by Gasteiger charge is 2.28. The number of hydrogen-bond donors (Lipinski definition) is 0. The molecule has 0 N–H and O–H groups in total. The first-order valence-corrected chi connectivity index (χ1v) is 9.35. The molecule has 0 saturated heterocycles. The number of rotatable bonds is 2. The SMILES string of the molecule is Cc1ccc(C2=C(Cl)c3ccccc3/C2=C(/Cl)c2ccc(C)cc2)cc1. The summed E-state index contributed by atoms with van der Waals surface area (Å²) in [5.74, 6) is 0. The summed E-state index contributed by atoms with van der Waals surface area (Å²) in [6, 6.07) is 24.9. The van der Waals surface area contributed by atoms with Gasteiger partial charge in [0.1, 0.15) is 0 Å². The van der Waals surface area contributed by atoms with E-state index < -0.39 is 0 Å². The lowest BCUT2D eigenvalue weighted by Gasteiger charge is -2.12. The van der Waals surface area contributed by atoms with E-state index in [1.54, 1.807) is 0 Å². The van der Waals surface area contributed by atoms with Crippen LogP contribution >= 0.6 is 23.2 Å². The summed E-state index contributed by atoms with van der Waals surface area (Å²) < 4.78 is 0. The van der Waals surface area contributed by atoms with Gasteiger partial charge in [-0.05, 0) is 30.5 Å². The molecule has 1 aliphatic rings. The molecule has 0 unspecified atom stereocenters. The van der Waals surface area contributed by atoms with Crippen molar-refractivity contribution in [2.45, 2.75) is 13.8 Å². The molecular formula is C24H18Cl2. The van der Waals surface area contributed by atoms with Crippen LogP contribution in [0.15, 0.2) is 72.8 Å². The van der Waals surface area contributed by atoms with Crippen molar-refractivity contribution in [2.75, 3.05) is 0 Å². The number of halogens is 2. The highest BCUT2D eigenvalue weighted by Crippen LogP contribution is 2.51. The van der Waals surface area contributed by atoms with Gasteiger partial charge in [-0.2, -0.15) is 0 Å². The fourth-order valence-corrected chi connectivity index (χ4v) is 4.03. The lowest BCUT2D eigenvalue weighted by molar-refractivity contribution is 1.45. The highest BCUT2D eigenvalue weighted by atomic mass is 35.5. The quantitative estimate of drug-likeness (QED) is 0.433. The van der Waals surface area contributed by atoms with Crippen LogP contribution in [-0.2, 0) is 0 Å². The molecule has 0 radical (unpaired) electrons. The van der Waals surface area contributed by atoms with Crippen LogP contribution in [0, 0.1) is 13.8 Å². The Hall–Kier alpha value is -2.28. The largest absolute Gasteiger partial charge is 0.0830 e. The zero-order valence-electron chi connectivity index (χ0n) is 14.7. The maximum Gasteiger partial charge on any atom is 0.0569 e. The maximum absolute atomic E-state index is 6.92. The lowest BCUT2D eigenvalue weighted by Crippen LogP contribution is -1.90. The molecule has 3 aromatic rings. The minimum absolute atomic E-state index is 0.726. The fraction of sp³-hybridized carbons (Fsp3) is 0.0833. The van der Waals surface area contributed by atoms with Crippen LogP contribution in [0.2, 0.25) is 0 Å². The third-order valence-electron chi connectivity index (χ3n) is 4.77. The summed E-state index contributed by atoms with van der Waals surface area (Å²) in [5.41, 5.74) is 8.62. The fourth-order valence-electron chi connectivity index (χ4n) is 3.34. The number of aryl methyl sites for hydroxylation is 2. The molecule has 0 aromatic heterocycles. The molecule has 0 fully saturated rings. The van der Waals surface area contributed by atoms with Gasteiger partial charge in [0.05, 0.1) is 10.1 Å². The summed E-state index contributed by atoms with van der Waals surface area (Å²) in [6.07, 6.45) is 0. The van der Waals surface area contributed by atoms with Crippen molar-refractivity contribution >= 4 is 44.4 Å². The van der Waals surface area contributed by atoms with E-state index in [1.807, 2.05) is 12.1 Å². The summed E-state index contributed by atoms with van der Waals surface area (Å²) in [7, 11) is 0. The Bertz CT molecular complexity index is 1040. The minimum Gasteiger partial charge on any atom is -0.0830 e. The van der Waals surface area contributed by atoms with E-state index in [0.29, 0.717) is 0 Å². The summed E-state index contributed by atoms with van der Waals surface area (Å²) in [6.45, 7) is 4.16. The smallest absolute Gasteiger partial charge is 0.0569 e. The van der Waals surface area contributed by atoms with Gasteiger partial charge in [0.25, 0.3) is 0 Å². The Kier molecular flexibility index (Phi) is 4.48. The molecule has 0 bridgehead atoms. The van der Waals surface area contributed by atoms with Crippen molar-refractivity contribution in [3.05, 3.63) is 106 Å². The lowest BCUT2D eigenvalue weighted by atomic mass is 9.94. The average Bonchev–Trinajstić information content (AvgIpc) is 2.95. The van der Waals surface area contributed by atoms with Crippen LogP contribution in [0.5, 0.6) is 0 Å². The molecule has 128 valence electrons. The molecule has 1 aliphatic carbocycles. The second-order valence-corrected chi connectivity index (χ2v) is 7.41. The van der Waals surface area contributed by atoms with Crippen LogP contribution < -0.4 is 0 Å². The monoisotopic (exact) mass is 376 g/mol. The molecule has 0 atom stereocenters. The number of allylic oxidation sites excluding steroid dienone is 2. The molecule has 0 saturated carbocycles. The Morgan fingerprint density at radius 1 is 0.692 bits per heavy atom. The Labute approximate surface area is 164 Å². The second kappa shape index (κ2) is 6.79. The summed E-state index contributed by atoms with van der Waals surface area (Å²) in [4.78, 5) is 0. The van der Waals surface area contributed by atoms with E-state index >= 15 is 0 Å². The van der Waals surface area contributed by atoms with Crippen LogP contribution in [0.3, 0.4) is 0 Å². The molecule has 0 spiro atoms. The molecule has 0 nitrogen and oxygen atoms in total.